The molecule has 0 aliphatic carbocycles. The molecule has 1 amide bonds. The largest absolute Gasteiger partial charge is 0.339 e. The SMILES string of the molecule is O=C(c1ccc(Nc2ncc3ncnc(Nc4ccc(F)c(Cl)c4)c3n2)cc1)N1CCCC1. The van der Waals surface area contributed by atoms with Crippen molar-refractivity contribution in [2.24, 2.45) is 0 Å². The smallest absolute Gasteiger partial charge is 0.253 e. The number of nitrogens with zero attached hydrogens (tertiary/aromatic N) is 5. The average Bonchev–Trinajstić information content (AvgIpc) is 3.37. The summed E-state index contributed by atoms with van der Waals surface area (Å²) >= 11 is 5.87. The van der Waals surface area contributed by atoms with Crippen molar-refractivity contribution in [3.8, 4) is 0 Å². The van der Waals surface area contributed by atoms with Crippen molar-refractivity contribution in [2.45, 2.75) is 12.8 Å². The minimum absolute atomic E-state index is 0.00185. The summed E-state index contributed by atoms with van der Waals surface area (Å²) in [5.74, 6) is 0.322. The second-order valence-corrected chi connectivity index (χ2v) is 8.01. The molecule has 1 aliphatic rings. The Bertz CT molecular complexity index is 1330. The highest BCUT2D eigenvalue weighted by molar-refractivity contribution is 6.31. The van der Waals surface area contributed by atoms with Crippen LogP contribution in [0.4, 0.5) is 27.5 Å². The Morgan fingerprint density at radius 1 is 0.970 bits per heavy atom. The number of amides is 1. The van der Waals surface area contributed by atoms with Crippen LogP contribution in [0.2, 0.25) is 5.02 Å². The third-order valence-electron chi connectivity index (χ3n) is 5.34. The van der Waals surface area contributed by atoms with E-state index in [1.807, 2.05) is 17.0 Å². The zero-order chi connectivity index (χ0) is 22.8. The molecular formula is C23H19ClFN7O. The number of halogens is 2. The number of nitrogens with one attached hydrogen (secondary N) is 2. The van der Waals surface area contributed by atoms with E-state index in [0.717, 1.165) is 31.6 Å². The molecule has 2 aromatic carbocycles. The Morgan fingerprint density at radius 3 is 2.48 bits per heavy atom. The summed E-state index contributed by atoms with van der Waals surface area (Å²) in [4.78, 5) is 31.7. The summed E-state index contributed by atoms with van der Waals surface area (Å²) in [6.07, 6.45) is 5.09. The fourth-order valence-corrected chi connectivity index (χ4v) is 3.83. The highest BCUT2D eigenvalue weighted by Crippen LogP contribution is 2.26. The van der Waals surface area contributed by atoms with Crippen molar-refractivity contribution < 1.29 is 9.18 Å². The molecule has 0 bridgehead atoms. The van der Waals surface area contributed by atoms with Crippen LogP contribution in [0.5, 0.6) is 0 Å². The van der Waals surface area contributed by atoms with E-state index < -0.39 is 5.82 Å². The first kappa shape index (κ1) is 21.0. The third-order valence-corrected chi connectivity index (χ3v) is 5.63. The number of hydrogen-bond acceptors (Lipinski definition) is 7. The summed E-state index contributed by atoms with van der Waals surface area (Å²) < 4.78 is 13.5. The molecule has 0 radical (unpaired) electrons. The fourth-order valence-electron chi connectivity index (χ4n) is 3.64. The van der Waals surface area contributed by atoms with Gasteiger partial charge in [-0.15, -0.1) is 0 Å². The Kier molecular flexibility index (Phi) is 5.70. The molecule has 1 aliphatic heterocycles. The van der Waals surface area contributed by atoms with Crippen LogP contribution in [0.25, 0.3) is 11.0 Å². The highest BCUT2D eigenvalue weighted by Gasteiger charge is 2.19. The van der Waals surface area contributed by atoms with Crippen molar-refractivity contribution in [1.82, 2.24) is 24.8 Å². The van der Waals surface area contributed by atoms with Gasteiger partial charge in [0.15, 0.2) is 5.82 Å². The van der Waals surface area contributed by atoms with E-state index in [1.54, 1.807) is 24.4 Å². The number of likely N-dealkylation sites (tertiary alicyclic amines) is 1. The number of carbonyl (C=O) groups is 1. The molecule has 8 nitrogen and oxygen atoms in total. The molecule has 2 N–H and O–H groups in total. The van der Waals surface area contributed by atoms with Gasteiger partial charge in [0.1, 0.15) is 23.2 Å². The number of fused-ring (bicyclic) bond motifs is 1. The second-order valence-electron chi connectivity index (χ2n) is 7.61. The van der Waals surface area contributed by atoms with E-state index >= 15 is 0 Å². The maximum absolute atomic E-state index is 13.5. The summed E-state index contributed by atoms with van der Waals surface area (Å²) in [6, 6.07) is 11.5. The Morgan fingerprint density at radius 2 is 1.73 bits per heavy atom. The standard InChI is InChI=1S/C23H19ClFN7O/c24-17-11-16(7-8-18(17)25)29-21-20-19(27-13-28-21)12-26-23(31-20)30-15-5-3-14(4-6-15)22(33)32-9-1-2-10-32/h3-8,11-13H,1-2,9-10H2,(H,26,30,31)(H,27,28,29). The van der Waals surface area contributed by atoms with Crippen molar-refractivity contribution in [2.75, 3.05) is 23.7 Å². The number of benzene rings is 2. The Labute approximate surface area is 193 Å². The predicted molar refractivity (Wildman–Crippen MR) is 125 cm³/mol. The lowest BCUT2D eigenvalue weighted by Crippen LogP contribution is -2.27. The van der Waals surface area contributed by atoms with Crippen LogP contribution in [0.1, 0.15) is 23.2 Å². The van der Waals surface area contributed by atoms with Gasteiger partial charge in [-0.3, -0.25) is 4.79 Å². The highest BCUT2D eigenvalue weighted by atomic mass is 35.5. The van der Waals surface area contributed by atoms with E-state index in [2.05, 4.69) is 30.6 Å². The molecular weight excluding hydrogens is 445 g/mol. The van der Waals surface area contributed by atoms with Gasteiger partial charge in [0.25, 0.3) is 5.91 Å². The quantitative estimate of drug-likeness (QED) is 0.433. The van der Waals surface area contributed by atoms with Crippen LogP contribution in [0, 0.1) is 5.82 Å². The number of rotatable bonds is 5. The van der Waals surface area contributed by atoms with Crippen molar-refractivity contribution in [1.29, 1.82) is 0 Å². The monoisotopic (exact) mass is 463 g/mol. The molecule has 10 heteroatoms. The van der Waals surface area contributed by atoms with Gasteiger partial charge in [0, 0.05) is 30.0 Å². The fraction of sp³-hybridized carbons (Fsp3) is 0.174. The average molecular weight is 464 g/mol. The first-order valence-corrected chi connectivity index (χ1v) is 10.8. The molecule has 33 heavy (non-hydrogen) atoms. The normalized spacial score (nSPS) is 13.3. The van der Waals surface area contributed by atoms with Crippen molar-refractivity contribution in [3.05, 3.63) is 71.4 Å². The maximum Gasteiger partial charge on any atom is 0.253 e. The van der Waals surface area contributed by atoms with E-state index in [1.165, 1.54) is 18.5 Å². The van der Waals surface area contributed by atoms with Crippen LogP contribution in [-0.2, 0) is 0 Å². The van der Waals surface area contributed by atoms with Crippen LogP contribution in [0.3, 0.4) is 0 Å². The first-order chi connectivity index (χ1) is 16.1. The van der Waals surface area contributed by atoms with Crippen LogP contribution >= 0.6 is 11.6 Å². The molecule has 0 atom stereocenters. The predicted octanol–water partition coefficient (Wildman–Crippen LogP) is 4.94. The van der Waals surface area contributed by atoms with Gasteiger partial charge in [-0.2, -0.15) is 0 Å². The van der Waals surface area contributed by atoms with Gasteiger partial charge in [0.2, 0.25) is 5.95 Å². The van der Waals surface area contributed by atoms with Crippen LogP contribution in [0.15, 0.2) is 55.0 Å². The second kappa shape index (κ2) is 8.95. The van der Waals surface area contributed by atoms with Gasteiger partial charge in [-0.25, -0.2) is 24.3 Å². The molecule has 1 saturated heterocycles. The molecule has 166 valence electrons. The van der Waals surface area contributed by atoms with Gasteiger partial charge < -0.3 is 15.5 Å². The molecule has 0 saturated carbocycles. The Hall–Kier alpha value is -3.85. The first-order valence-electron chi connectivity index (χ1n) is 10.4. The molecule has 3 heterocycles. The summed E-state index contributed by atoms with van der Waals surface area (Å²) in [5.41, 5.74) is 2.98. The molecule has 4 aromatic rings. The third kappa shape index (κ3) is 4.54. The minimum Gasteiger partial charge on any atom is -0.339 e. The zero-order valence-corrected chi connectivity index (χ0v) is 18.2. The van der Waals surface area contributed by atoms with Gasteiger partial charge in [-0.05, 0) is 55.3 Å². The number of carbonyl (C=O) groups excluding carboxylic acids is 1. The lowest BCUT2D eigenvalue weighted by Gasteiger charge is -2.15. The lowest BCUT2D eigenvalue weighted by molar-refractivity contribution is 0.0793. The van der Waals surface area contributed by atoms with E-state index in [4.69, 9.17) is 11.6 Å². The van der Waals surface area contributed by atoms with Crippen LogP contribution < -0.4 is 10.6 Å². The summed E-state index contributed by atoms with van der Waals surface area (Å²) in [7, 11) is 0. The van der Waals surface area contributed by atoms with E-state index in [0.29, 0.717) is 34.1 Å². The number of anilines is 4. The minimum atomic E-state index is -0.503. The van der Waals surface area contributed by atoms with Gasteiger partial charge in [0.05, 0.1) is 11.2 Å². The summed E-state index contributed by atoms with van der Waals surface area (Å²) in [6.45, 7) is 1.62. The van der Waals surface area contributed by atoms with Crippen molar-refractivity contribution in [3.63, 3.8) is 0 Å². The van der Waals surface area contributed by atoms with E-state index in [-0.39, 0.29) is 10.9 Å². The molecule has 5 rings (SSSR count). The van der Waals surface area contributed by atoms with Gasteiger partial charge >= 0.3 is 0 Å². The molecule has 0 unspecified atom stereocenters. The van der Waals surface area contributed by atoms with E-state index in [9.17, 15) is 9.18 Å². The Balaban J connectivity index is 1.37. The van der Waals surface area contributed by atoms with Crippen molar-refractivity contribution >= 4 is 51.7 Å². The van der Waals surface area contributed by atoms with Crippen LogP contribution in [-0.4, -0.2) is 43.8 Å². The number of aromatic nitrogens is 4. The molecule has 0 spiro atoms. The molecule has 2 aromatic heterocycles. The maximum atomic E-state index is 13.5. The zero-order valence-electron chi connectivity index (χ0n) is 17.4. The lowest BCUT2D eigenvalue weighted by atomic mass is 10.2. The molecule has 1 fully saturated rings. The topological polar surface area (TPSA) is 95.9 Å². The number of hydrogen-bond donors (Lipinski definition) is 2. The summed E-state index contributed by atoms with van der Waals surface area (Å²) in [5, 5.41) is 6.23. The van der Waals surface area contributed by atoms with Gasteiger partial charge in [-0.1, -0.05) is 11.6 Å².